The predicted octanol–water partition coefficient (Wildman–Crippen LogP) is 2.24. The lowest BCUT2D eigenvalue weighted by atomic mass is 10.0. The molecule has 0 aliphatic rings. The van der Waals surface area contributed by atoms with Crippen LogP contribution in [-0.4, -0.2) is 42.1 Å². The van der Waals surface area contributed by atoms with Crippen molar-refractivity contribution in [3.05, 3.63) is 38.7 Å². The van der Waals surface area contributed by atoms with Gasteiger partial charge < -0.3 is 19.6 Å². The lowest BCUT2D eigenvalue weighted by Gasteiger charge is -2.14. The van der Waals surface area contributed by atoms with Gasteiger partial charge in [0.05, 0.1) is 24.1 Å². The average molecular weight is 400 g/mol. The van der Waals surface area contributed by atoms with Crippen molar-refractivity contribution in [2.75, 3.05) is 19.1 Å². The smallest absolute Gasteiger partial charge is 0.340 e. The minimum Gasteiger partial charge on any atom is -0.495 e. The van der Waals surface area contributed by atoms with Crippen LogP contribution in [0.15, 0.2) is 21.3 Å². The number of halogens is 1. The number of aliphatic carboxylic acids is 1. The third-order valence-electron chi connectivity index (χ3n) is 3.86. The first-order valence-electron chi connectivity index (χ1n) is 7.59. The van der Waals surface area contributed by atoms with Crippen molar-refractivity contribution < 1.29 is 23.8 Å². The van der Waals surface area contributed by atoms with Gasteiger partial charge >= 0.3 is 11.6 Å². The molecule has 2 N–H and O–H groups in total. The lowest BCUT2D eigenvalue weighted by molar-refractivity contribution is -0.141. The highest BCUT2D eigenvalue weighted by Crippen LogP contribution is 2.31. The molecule has 1 aromatic heterocycles. The van der Waals surface area contributed by atoms with Gasteiger partial charge in [0.1, 0.15) is 17.4 Å². The molecule has 0 radical (unpaired) electrons. The number of hydrogen-bond acceptors (Lipinski definition) is 6. The van der Waals surface area contributed by atoms with E-state index in [1.54, 1.807) is 19.2 Å². The normalized spacial score (nSPS) is 12.0. The Hall–Kier alpha value is -2.19. The van der Waals surface area contributed by atoms with Gasteiger partial charge in [-0.1, -0.05) is 11.6 Å². The second-order valence-electron chi connectivity index (χ2n) is 5.57. The van der Waals surface area contributed by atoms with Crippen molar-refractivity contribution >= 4 is 46.2 Å². The number of carboxylic acids is 1. The van der Waals surface area contributed by atoms with E-state index in [4.69, 9.17) is 25.9 Å². The zero-order valence-electron chi connectivity index (χ0n) is 14.4. The van der Waals surface area contributed by atoms with Gasteiger partial charge in [0.15, 0.2) is 0 Å². The number of nitrogens with one attached hydrogen (secondary N) is 1. The maximum atomic E-state index is 12.3. The van der Waals surface area contributed by atoms with E-state index >= 15 is 0 Å². The minimum absolute atomic E-state index is 0.157. The molecule has 1 atom stereocenters. The van der Waals surface area contributed by atoms with E-state index in [1.807, 2.05) is 0 Å². The van der Waals surface area contributed by atoms with Crippen LogP contribution in [0.2, 0.25) is 5.02 Å². The third-order valence-corrected chi connectivity index (χ3v) is 4.83. The highest BCUT2D eigenvalue weighted by Gasteiger charge is 2.22. The molecule has 1 amide bonds. The minimum atomic E-state index is -1.13. The summed E-state index contributed by atoms with van der Waals surface area (Å²) in [7, 11) is 1.45. The van der Waals surface area contributed by atoms with E-state index in [0.29, 0.717) is 27.3 Å². The Kier molecular flexibility index (Phi) is 6.55. The summed E-state index contributed by atoms with van der Waals surface area (Å²) in [6, 6.07) is 2.09. The Balaban J connectivity index is 2.36. The molecule has 0 saturated heterocycles. The summed E-state index contributed by atoms with van der Waals surface area (Å²) >= 11 is 7.42. The van der Waals surface area contributed by atoms with Crippen LogP contribution in [-0.2, 0) is 16.0 Å². The number of benzene rings is 1. The van der Waals surface area contributed by atoms with E-state index in [1.165, 1.54) is 24.9 Å². The molecule has 0 fully saturated rings. The van der Waals surface area contributed by atoms with Gasteiger partial charge in [-0.05, 0) is 24.8 Å². The molecular formula is C17H18ClNO6S. The zero-order chi connectivity index (χ0) is 19.4. The number of fused-ring (bicyclic) bond motifs is 1. The second-order valence-corrected chi connectivity index (χ2v) is 6.88. The summed E-state index contributed by atoms with van der Waals surface area (Å²) in [5.74, 6) is -1.11. The molecule has 1 heterocycles. The highest BCUT2D eigenvalue weighted by molar-refractivity contribution is 7.98. The maximum Gasteiger partial charge on any atom is 0.340 e. The quantitative estimate of drug-likeness (QED) is 0.687. The summed E-state index contributed by atoms with van der Waals surface area (Å²) < 4.78 is 10.4. The Labute approximate surface area is 158 Å². The summed E-state index contributed by atoms with van der Waals surface area (Å²) in [6.07, 6.45) is 1.45. The molecule has 9 heteroatoms. The van der Waals surface area contributed by atoms with Crippen LogP contribution in [0, 0.1) is 6.92 Å². The molecule has 0 aliphatic carbocycles. The summed E-state index contributed by atoms with van der Waals surface area (Å²) in [4.78, 5) is 35.6. The van der Waals surface area contributed by atoms with E-state index < -0.39 is 23.5 Å². The van der Waals surface area contributed by atoms with Gasteiger partial charge in [-0.3, -0.25) is 4.79 Å². The van der Waals surface area contributed by atoms with Crippen molar-refractivity contribution in [1.29, 1.82) is 0 Å². The molecule has 0 spiro atoms. The monoisotopic (exact) mass is 399 g/mol. The van der Waals surface area contributed by atoms with Crippen molar-refractivity contribution in [2.45, 2.75) is 19.4 Å². The van der Waals surface area contributed by atoms with E-state index in [-0.39, 0.29) is 17.7 Å². The maximum absolute atomic E-state index is 12.3. The number of aryl methyl sites for hydroxylation is 1. The lowest BCUT2D eigenvalue weighted by Crippen LogP contribution is -2.43. The van der Waals surface area contributed by atoms with Crippen molar-refractivity contribution in [3.63, 3.8) is 0 Å². The van der Waals surface area contributed by atoms with Gasteiger partial charge in [0.2, 0.25) is 5.91 Å². The number of amides is 1. The van der Waals surface area contributed by atoms with E-state index in [0.717, 1.165) is 0 Å². The number of rotatable bonds is 7. The Bertz CT molecular complexity index is 910. The second kappa shape index (κ2) is 8.46. The van der Waals surface area contributed by atoms with Crippen molar-refractivity contribution in [3.8, 4) is 5.75 Å². The topological polar surface area (TPSA) is 106 Å². The summed E-state index contributed by atoms with van der Waals surface area (Å²) in [5.41, 5.74) is 0.340. The molecule has 1 aromatic carbocycles. The van der Waals surface area contributed by atoms with Gasteiger partial charge in [0.25, 0.3) is 0 Å². The SMILES string of the molecule is COc1cc2oc(=O)c(CC(=O)N[C@@H](CSC)C(=O)O)c(C)c2cc1Cl. The molecule has 2 aromatic rings. The molecule has 7 nitrogen and oxygen atoms in total. The van der Waals surface area contributed by atoms with Crippen LogP contribution in [0.1, 0.15) is 11.1 Å². The predicted molar refractivity (Wildman–Crippen MR) is 100 cm³/mol. The number of ether oxygens (including phenoxy) is 1. The summed E-state index contributed by atoms with van der Waals surface area (Å²) in [5, 5.41) is 12.5. The number of thioether (sulfide) groups is 1. The fraction of sp³-hybridized carbons (Fsp3) is 0.353. The number of methoxy groups -OCH3 is 1. The largest absolute Gasteiger partial charge is 0.495 e. The van der Waals surface area contributed by atoms with Crippen LogP contribution in [0.5, 0.6) is 5.75 Å². The first-order valence-corrected chi connectivity index (χ1v) is 9.36. The molecular weight excluding hydrogens is 382 g/mol. The van der Waals surface area contributed by atoms with Crippen LogP contribution in [0.25, 0.3) is 11.0 Å². The van der Waals surface area contributed by atoms with Crippen molar-refractivity contribution in [2.24, 2.45) is 0 Å². The Morgan fingerprint density at radius 1 is 1.42 bits per heavy atom. The number of carbonyl (C=O) groups excluding carboxylic acids is 1. The molecule has 0 unspecified atom stereocenters. The van der Waals surface area contributed by atoms with E-state index in [2.05, 4.69) is 5.32 Å². The van der Waals surface area contributed by atoms with Crippen LogP contribution in [0.4, 0.5) is 0 Å². The van der Waals surface area contributed by atoms with Gasteiger partial charge in [0, 0.05) is 17.2 Å². The molecule has 0 aliphatic heterocycles. The standard InChI is InChI=1S/C17H18ClNO6S/c1-8-9-4-11(18)14(24-2)6-13(9)25-17(23)10(8)5-15(20)19-12(7-26-3)16(21)22/h4,6,12H,5,7H2,1-3H3,(H,19,20)(H,21,22)/t12-/m0/s1. The zero-order valence-corrected chi connectivity index (χ0v) is 16.0. The summed E-state index contributed by atoms with van der Waals surface area (Å²) in [6.45, 7) is 1.68. The number of carboxylic acid groups (broad SMARTS) is 1. The Morgan fingerprint density at radius 2 is 2.12 bits per heavy atom. The number of carbonyl (C=O) groups is 2. The van der Waals surface area contributed by atoms with Crippen LogP contribution in [0.3, 0.4) is 0 Å². The molecule has 140 valence electrons. The van der Waals surface area contributed by atoms with Gasteiger partial charge in [-0.25, -0.2) is 9.59 Å². The van der Waals surface area contributed by atoms with Gasteiger partial charge in [-0.2, -0.15) is 11.8 Å². The molecule has 0 bridgehead atoms. The molecule has 2 rings (SSSR count). The first kappa shape index (κ1) is 20.1. The van der Waals surface area contributed by atoms with E-state index in [9.17, 15) is 14.4 Å². The van der Waals surface area contributed by atoms with Crippen LogP contribution >= 0.6 is 23.4 Å². The van der Waals surface area contributed by atoms with Gasteiger partial charge in [-0.15, -0.1) is 0 Å². The Morgan fingerprint density at radius 3 is 2.69 bits per heavy atom. The fourth-order valence-corrected chi connectivity index (χ4v) is 3.30. The van der Waals surface area contributed by atoms with Crippen LogP contribution < -0.4 is 15.7 Å². The highest BCUT2D eigenvalue weighted by atomic mass is 35.5. The third kappa shape index (κ3) is 4.31. The average Bonchev–Trinajstić information content (AvgIpc) is 2.58. The first-order chi connectivity index (χ1) is 12.3. The number of hydrogen-bond donors (Lipinski definition) is 2. The fourth-order valence-electron chi connectivity index (χ4n) is 2.50. The molecule has 0 saturated carbocycles. The van der Waals surface area contributed by atoms with Crippen molar-refractivity contribution in [1.82, 2.24) is 5.32 Å². The molecule has 26 heavy (non-hydrogen) atoms.